The van der Waals surface area contributed by atoms with Crippen LogP contribution in [0.3, 0.4) is 0 Å². The maximum absolute atomic E-state index is 11.6. The van der Waals surface area contributed by atoms with Gasteiger partial charge in [0.25, 0.3) is 0 Å². The van der Waals surface area contributed by atoms with E-state index in [0.29, 0.717) is 17.4 Å². The lowest BCUT2D eigenvalue weighted by Crippen LogP contribution is -2.39. The summed E-state index contributed by atoms with van der Waals surface area (Å²) in [5.41, 5.74) is 0.387. The van der Waals surface area contributed by atoms with Crippen molar-refractivity contribution in [2.24, 2.45) is 11.8 Å². The van der Waals surface area contributed by atoms with Gasteiger partial charge in [-0.25, -0.2) is 9.97 Å². The Morgan fingerprint density at radius 3 is 2.67 bits per heavy atom. The molecule has 1 saturated heterocycles. The fraction of sp³-hybridized carbons (Fsp3) is 0.600. The molecule has 1 aromatic heterocycles. The molecule has 1 saturated carbocycles. The topological polar surface area (TPSA) is 81.9 Å². The highest BCUT2D eigenvalue weighted by Crippen LogP contribution is 2.29. The summed E-state index contributed by atoms with van der Waals surface area (Å²) in [5.74, 6) is 1.70. The molecule has 2 aliphatic rings. The highest BCUT2D eigenvalue weighted by Gasteiger charge is 2.30. The van der Waals surface area contributed by atoms with Crippen LogP contribution in [0, 0.1) is 23.2 Å². The highest BCUT2D eigenvalue weighted by molar-refractivity contribution is 5.80. The first-order valence-electron chi connectivity index (χ1n) is 7.51. The monoisotopic (exact) mass is 285 g/mol. The maximum Gasteiger partial charge on any atom is 0.223 e. The van der Waals surface area contributed by atoms with Gasteiger partial charge in [0, 0.05) is 37.9 Å². The molecule has 2 fully saturated rings. The third-order valence-corrected chi connectivity index (χ3v) is 4.21. The maximum atomic E-state index is 11.6. The fourth-order valence-electron chi connectivity index (χ4n) is 2.72. The number of piperidine rings is 1. The van der Waals surface area contributed by atoms with Crippen molar-refractivity contribution >= 4 is 11.7 Å². The molecule has 21 heavy (non-hydrogen) atoms. The van der Waals surface area contributed by atoms with Crippen molar-refractivity contribution in [3.8, 4) is 6.07 Å². The van der Waals surface area contributed by atoms with Crippen molar-refractivity contribution < 1.29 is 4.79 Å². The van der Waals surface area contributed by atoms with E-state index in [-0.39, 0.29) is 11.8 Å². The minimum absolute atomic E-state index is 0.220. The number of carbonyl (C=O) groups excluding carboxylic acids is 1. The van der Waals surface area contributed by atoms with Crippen LogP contribution in [0.5, 0.6) is 0 Å². The Hall–Kier alpha value is -2.16. The average Bonchev–Trinajstić information content (AvgIpc) is 3.38. The van der Waals surface area contributed by atoms with Gasteiger partial charge >= 0.3 is 0 Å². The van der Waals surface area contributed by atoms with Gasteiger partial charge in [0.1, 0.15) is 6.07 Å². The first kappa shape index (κ1) is 13.8. The summed E-state index contributed by atoms with van der Waals surface area (Å²) in [7, 11) is 0. The number of nitriles is 1. The quantitative estimate of drug-likeness (QED) is 0.895. The van der Waals surface area contributed by atoms with E-state index in [1.54, 1.807) is 12.4 Å². The molecule has 2 heterocycles. The summed E-state index contributed by atoms with van der Waals surface area (Å²) in [6, 6.07) is 2.09. The average molecular weight is 285 g/mol. The lowest BCUT2D eigenvalue weighted by Gasteiger charge is -2.32. The van der Waals surface area contributed by atoms with Crippen molar-refractivity contribution in [1.82, 2.24) is 15.3 Å². The molecule has 1 aromatic rings. The fourth-order valence-corrected chi connectivity index (χ4v) is 2.72. The Balaban J connectivity index is 1.50. The zero-order valence-electron chi connectivity index (χ0n) is 12.0. The van der Waals surface area contributed by atoms with Gasteiger partial charge in [0.05, 0.1) is 0 Å². The molecule has 1 aliphatic heterocycles. The Kier molecular flexibility index (Phi) is 4.00. The lowest BCUT2D eigenvalue weighted by atomic mass is 9.96. The molecular formula is C15H19N5O. The molecule has 1 aliphatic carbocycles. The van der Waals surface area contributed by atoms with Gasteiger partial charge in [-0.15, -0.1) is 0 Å². The normalized spacial score (nSPS) is 19.1. The van der Waals surface area contributed by atoms with Crippen LogP contribution in [-0.2, 0) is 4.79 Å². The number of nitrogens with zero attached hydrogens (tertiary/aromatic N) is 4. The van der Waals surface area contributed by atoms with Crippen LogP contribution in [0.25, 0.3) is 0 Å². The number of hydrogen-bond acceptors (Lipinski definition) is 5. The van der Waals surface area contributed by atoms with E-state index in [9.17, 15) is 4.79 Å². The Morgan fingerprint density at radius 1 is 1.29 bits per heavy atom. The minimum atomic E-state index is 0.220. The molecule has 3 rings (SSSR count). The summed E-state index contributed by atoms with van der Waals surface area (Å²) < 4.78 is 0. The second-order valence-corrected chi connectivity index (χ2v) is 5.79. The van der Waals surface area contributed by atoms with Gasteiger partial charge < -0.3 is 10.2 Å². The van der Waals surface area contributed by atoms with Crippen molar-refractivity contribution in [2.75, 3.05) is 24.5 Å². The van der Waals surface area contributed by atoms with Crippen LogP contribution >= 0.6 is 0 Å². The van der Waals surface area contributed by atoms with Crippen LogP contribution in [0.2, 0.25) is 0 Å². The molecule has 6 nitrogen and oxygen atoms in total. The van der Waals surface area contributed by atoms with Crippen molar-refractivity contribution in [1.29, 1.82) is 5.26 Å². The van der Waals surface area contributed by atoms with E-state index < -0.39 is 0 Å². The summed E-state index contributed by atoms with van der Waals surface area (Å²) in [6.07, 6.45) is 7.28. The Morgan fingerprint density at radius 2 is 2.00 bits per heavy atom. The molecule has 1 N–H and O–H groups in total. The third-order valence-electron chi connectivity index (χ3n) is 4.21. The third kappa shape index (κ3) is 3.30. The molecule has 0 unspecified atom stereocenters. The van der Waals surface area contributed by atoms with Crippen molar-refractivity contribution in [3.63, 3.8) is 0 Å². The van der Waals surface area contributed by atoms with Gasteiger partial charge in [-0.3, -0.25) is 4.79 Å². The smallest absolute Gasteiger partial charge is 0.223 e. The predicted octanol–water partition coefficient (Wildman–Crippen LogP) is 1.09. The van der Waals surface area contributed by atoms with Crippen LogP contribution < -0.4 is 10.2 Å². The van der Waals surface area contributed by atoms with Crippen LogP contribution in [0.15, 0.2) is 12.4 Å². The molecular weight excluding hydrogens is 266 g/mol. The van der Waals surface area contributed by atoms with E-state index in [4.69, 9.17) is 5.26 Å². The molecule has 110 valence electrons. The van der Waals surface area contributed by atoms with E-state index >= 15 is 0 Å². The minimum Gasteiger partial charge on any atom is -0.356 e. The van der Waals surface area contributed by atoms with E-state index in [0.717, 1.165) is 45.3 Å². The van der Waals surface area contributed by atoms with Gasteiger partial charge in [-0.2, -0.15) is 5.26 Å². The largest absolute Gasteiger partial charge is 0.356 e. The number of aromatic nitrogens is 2. The standard InChI is InChI=1S/C15H19N5O/c16-9-13-14(18-6-5-17-13)20-7-3-11(4-8-20)10-19-15(21)12-1-2-12/h5-6,11-12H,1-4,7-8,10H2,(H,19,21). The second-order valence-electron chi connectivity index (χ2n) is 5.79. The zero-order valence-corrected chi connectivity index (χ0v) is 12.0. The molecule has 1 amide bonds. The van der Waals surface area contributed by atoms with Crippen LogP contribution in [0.1, 0.15) is 31.4 Å². The van der Waals surface area contributed by atoms with Gasteiger partial charge in [-0.05, 0) is 31.6 Å². The first-order chi connectivity index (χ1) is 10.3. The SMILES string of the molecule is N#Cc1nccnc1N1CCC(CNC(=O)C2CC2)CC1. The number of hydrogen-bond donors (Lipinski definition) is 1. The van der Waals surface area contributed by atoms with Gasteiger partial charge in [-0.1, -0.05) is 0 Å². The summed E-state index contributed by atoms with van der Waals surface area (Å²) in [6.45, 7) is 2.49. The highest BCUT2D eigenvalue weighted by atomic mass is 16.2. The number of rotatable bonds is 4. The van der Waals surface area contributed by atoms with Crippen molar-refractivity contribution in [2.45, 2.75) is 25.7 Å². The molecule has 0 atom stereocenters. The number of amides is 1. The summed E-state index contributed by atoms with van der Waals surface area (Å²) in [4.78, 5) is 22.1. The Labute approximate surface area is 124 Å². The second kappa shape index (κ2) is 6.08. The Bertz CT molecular complexity index is 555. The van der Waals surface area contributed by atoms with Gasteiger partial charge in [0.15, 0.2) is 11.5 Å². The molecule has 0 aromatic carbocycles. The van der Waals surface area contributed by atoms with Crippen LogP contribution in [0.4, 0.5) is 5.82 Å². The lowest BCUT2D eigenvalue weighted by molar-refractivity contribution is -0.122. The van der Waals surface area contributed by atoms with E-state index in [1.165, 1.54) is 0 Å². The molecule has 0 radical (unpaired) electrons. The van der Waals surface area contributed by atoms with E-state index in [1.807, 2.05) is 0 Å². The van der Waals surface area contributed by atoms with E-state index in [2.05, 4.69) is 26.3 Å². The number of anilines is 1. The molecule has 0 bridgehead atoms. The number of carbonyl (C=O) groups is 1. The van der Waals surface area contributed by atoms with Crippen LogP contribution in [-0.4, -0.2) is 35.5 Å². The molecule has 6 heteroatoms. The molecule has 0 spiro atoms. The predicted molar refractivity (Wildman–Crippen MR) is 77.4 cm³/mol. The van der Waals surface area contributed by atoms with Crippen molar-refractivity contribution in [3.05, 3.63) is 18.1 Å². The first-order valence-corrected chi connectivity index (χ1v) is 7.51. The summed E-state index contributed by atoms with van der Waals surface area (Å²) in [5, 5.41) is 12.1. The van der Waals surface area contributed by atoms with Gasteiger partial charge in [0.2, 0.25) is 5.91 Å². The zero-order chi connectivity index (χ0) is 14.7. The number of nitrogens with one attached hydrogen (secondary N) is 1. The summed E-state index contributed by atoms with van der Waals surface area (Å²) >= 11 is 0.